The third kappa shape index (κ3) is 4.13. The van der Waals surface area contributed by atoms with Crippen LogP contribution in [0.3, 0.4) is 0 Å². The second-order valence-corrected chi connectivity index (χ2v) is 7.05. The molecule has 0 spiro atoms. The van der Waals surface area contributed by atoms with E-state index in [-0.39, 0.29) is 6.04 Å². The van der Waals surface area contributed by atoms with Crippen molar-refractivity contribution in [2.75, 3.05) is 26.9 Å². The molecule has 4 heteroatoms. The summed E-state index contributed by atoms with van der Waals surface area (Å²) >= 11 is 0. The fraction of sp³-hybridized carbons (Fsp3) is 0.455. The normalized spacial score (nSPS) is 16.3. The maximum absolute atomic E-state index is 5.88. The zero-order chi connectivity index (χ0) is 18.5. The van der Waals surface area contributed by atoms with Crippen LogP contribution in [0.4, 0.5) is 0 Å². The number of nitrogens with one attached hydrogen (secondary N) is 1. The largest absolute Gasteiger partial charge is 0.494 e. The summed E-state index contributed by atoms with van der Waals surface area (Å²) in [6.45, 7) is 8.61. The standard InChI is InChI=1S/C22H29NO3/c1-5-25-18-7-8-19-16(12-18)10-11-23-22(19)17-6-9-20(21(13-17)24-4)26-14-15(2)3/h6-9,12-13,15,22-23H,5,10-11,14H2,1-4H3. The third-order valence-corrected chi connectivity index (χ3v) is 4.57. The quantitative estimate of drug-likeness (QED) is 0.801. The molecule has 4 nitrogen and oxygen atoms in total. The second-order valence-electron chi connectivity index (χ2n) is 7.05. The van der Waals surface area contributed by atoms with Crippen LogP contribution >= 0.6 is 0 Å². The molecule has 3 rings (SSSR count). The number of ether oxygens (including phenoxy) is 3. The molecule has 2 aromatic rings. The molecular formula is C22H29NO3. The first-order valence-electron chi connectivity index (χ1n) is 9.42. The predicted molar refractivity (Wildman–Crippen MR) is 104 cm³/mol. The molecule has 1 aliphatic rings. The molecule has 0 aromatic heterocycles. The lowest BCUT2D eigenvalue weighted by molar-refractivity contribution is 0.256. The fourth-order valence-electron chi connectivity index (χ4n) is 3.33. The number of hydrogen-bond acceptors (Lipinski definition) is 4. The van der Waals surface area contributed by atoms with Gasteiger partial charge in [0, 0.05) is 6.54 Å². The van der Waals surface area contributed by atoms with Crippen molar-refractivity contribution >= 4 is 0 Å². The van der Waals surface area contributed by atoms with Crippen LogP contribution in [0.15, 0.2) is 36.4 Å². The summed E-state index contributed by atoms with van der Waals surface area (Å²) in [6.07, 6.45) is 1.01. The van der Waals surface area contributed by atoms with Gasteiger partial charge in [-0.3, -0.25) is 0 Å². The third-order valence-electron chi connectivity index (χ3n) is 4.57. The minimum Gasteiger partial charge on any atom is -0.494 e. The van der Waals surface area contributed by atoms with E-state index >= 15 is 0 Å². The van der Waals surface area contributed by atoms with Crippen molar-refractivity contribution in [2.45, 2.75) is 33.2 Å². The maximum Gasteiger partial charge on any atom is 0.161 e. The summed E-state index contributed by atoms with van der Waals surface area (Å²) < 4.78 is 17.1. The number of rotatable bonds is 7. The molecule has 140 valence electrons. The molecule has 0 saturated carbocycles. The van der Waals surface area contributed by atoms with Gasteiger partial charge in [0.05, 0.1) is 26.4 Å². The smallest absolute Gasteiger partial charge is 0.161 e. The van der Waals surface area contributed by atoms with Gasteiger partial charge in [-0.1, -0.05) is 26.0 Å². The van der Waals surface area contributed by atoms with Gasteiger partial charge in [0.1, 0.15) is 5.75 Å². The predicted octanol–water partition coefficient (Wildman–Crippen LogP) is 4.36. The van der Waals surface area contributed by atoms with E-state index in [0.717, 1.165) is 30.2 Å². The molecule has 1 aliphatic heterocycles. The minimum atomic E-state index is 0.155. The van der Waals surface area contributed by atoms with Crippen molar-refractivity contribution < 1.29 is 14.2 Å². The Bertz CT molecular complexity index is 742. The van der Waals surface area contributed by atoms with Gasteiger partial charge in [-0.2, -0.15) is 0 Å². The Morgan fingerprint density at radius 3 is 2.65 bits per heavy atom. The van der Waals surface area contributed by atoms with Crippen LogP contribution < -0.4 is 19.5 Å². The minimum absolute atomic E-state index is 0.155. The molecule has 0 saturated heterocycles. The van der Waals surface area contributed by atoms with Gasteiger partial charge in [0.2, 0.25) is 0 Å². The van der Waals surface area contributed by atoms with E-state index in [1.807, 2.05) is 13.0 Å². The van der Waals surface area contributed by atoms with E-state index in [0.29, 0.717) is 19.1 Å². The topological polar surface area (TPSA) is 39.7 Å². The van der Waals surface area contributed by atoms with Crippen molar-refractivity contribution in [1.82, 2.24) is 5.32 Å². The van der Waals surface area contributed by atoms with E-state index in [1.165, 1.54) is 16.7 Å². The maximum atomic E-state index is 5.88. The Labute approximate surface area is 156 Å². The lowest BCUT2D eigenvalue weighted by atomic mass is 9.89. The van der Waals surface area contributed by atoms with Crippen molar-refractivity contribution in [3.05, 3.63) is 53.1 Å². The van der Waals surface area contributed by atoms with Gasteiger partial charge in [-0.05, 0) is 60.2 Å². The van der Waals surface area contributed by atoms with Gasteiger partial charge in [0.15, 0.2) is 11.5 Å². The highest BCUT2D eigenvalue weighted by molar-refractivity contribution is 5.49. The van der Waals surface area contributed by atoms with Crippen LogP contribution in [-0.2, 0) is 6.42 Å². The zero-order valence-electron chi connectivity index (χ0n) is 16.2. The molecule has 0 amide bonds. The molecule has 0 aliphatic carbocycles. The lowest BCUT2D eigenvalue weighted by Crippen LogP contribution is -2.30. The van der Waals surface area contributed by atoms with Gasteiger partial charge in [-0.15, -0.1) is 0 Å². The highest BCUT2D eigenvalue weighted by atomic mass is 16.5. The van der Waals surface area contributed by atoms with E-state index in [9.17, 15) is 0 Å². The Morgan fingerprint density at radius 1 is 1.08 bits per heavy atom. The lowest BCUT2D eigenvalue weighted by Gasteiger charge is -2.28. The van der Waals surface area contributed by atoms with Gasteiger partial charge >= 0.3 is 0 Å². The van der Waals surface area contributed by atoms with Crippen LogP contribution in [0, 0.1) is 5.92 Å². The van der Waals surface area contributed by atoms with Crippen LogP contribution in [-0.4, -0.2) is 26.9 Å². The van der Waals surface area contributed by atoms with Gasteiger partial charge < -0.3 is 19.5 Å². The zero-order valence-corrected chi connectivity index (χ0v) is 16.2. The summed E-state index contributed by atoms with van der Waals surface area (Å²) in [5.41, 5.74) is 3.83. The Kier molecular flexibility index (Phi) is 6.04. The molecule has 1 atom stereocenters. The number of fused-ring (bicyclic) bond motifs is 1. The Hall–Kier alpha value is -2.20. The summed E-state index contributed by atoms with van der Waals surface area (Å²) in [4.78, 5) is 0. The molecule has 1 heterocycles. The van der Waals surface area contributed by atoms with E-state index < -0.39 is 0 Å². The Morgan fingerprint density at radius 2 is 1.92 bits per heavy atom. The van der Waals surface area contributed by atoms with Crippen LogP contribution in [0.5, 0.6) is 17.2 Å². The SMILES string of the molecule is CCOc1ccc2c(c1)CCNC2c1ccc(OCC(C)C)c(OC)c1. The summed E-state index contributed by atoms with van der Waals surface area (Å²) in [5.74, 6) is 3.00. The average Bonchev–Trinajstić information content (AvgIpc) is 2.65. The molecule has 2 aromatic carbocycles. The first-order valence-corrected chi connectivity index (χ1v) is 9.42. The van der Waals surface area contributed by atoms with E-state index in [4.69, 9.17) is 14.2 Å². The number of hydrogen-bond donors (Lipinski definition) is 1. The number of benzene rings is 2. The van der Waals surface area contributed by atoms with Crippen molar-refractivity contribution in [1.29, 1.82) is 0 Å². The first-order chi connectivity index (χ1) is 12.6. The van der Waals surface area contributed by atoms with Crippen LogP contribution in [0.1, 0.15) is 43.5 Å². The number of methoxy groups -OCH3 is 1. The monoisotopic (exact) mass is 355 g/mol. The average molecular weight is 355 g/mol. The van der Waals surface area contributed by atoms with Crippen LogP contribution in [0.25, 0.3) is 0 Å². The highest BCUT2D eigenvalue weighted by Gasteiger charge is 2.23. The molecule has 0 fully saturated rings. The molecule has 0 radical (unpaired) electrons. The Balaban J connectivity index is 1.88. The summed E-state index contributed by atoms with van der Waals surface area (Å²) in [5, 5.41) is 3.63. The highest BCUT2D eigenvalue weighted by Crippen LogP contribution is 2.36. The van der Waals surface area contributed by atoms with Crippen molar-refractivity contribution in [3.8, 4) is 17.2 Å². The van der Waals surface area contributed by atoms with Crippen molar-refractivity contribution in [3.63, 3.8) is 0 Å². The fourth-order valence-corrected chi connectivity index (χ4v) is 3.33. The van der Waals surface area contributed by atoms with E-state index in [1.54, 1.807) is 7.11 Å². The summed E-state index contributed by atoms with van der Waals surface area (Å²) in [7, 11) is 1.69. The molecule has 1 N–H and O–H groups in total. The van der Waals surface area contributed by atoms with E-state index in [2.05, 4.69) is 49.5 Å². The molecule has 26 heavy (non-hydrogen) atoms. The molecule has 0 bridgehead atoms. The van der Waals surface area contributed by atoms with Crippen LogP contribution in [0.2, 0.25) is 0 Å². The van der Waals surface area contributed by atoms with Gasteiger partial charge in [0.25, 0.3) is 0 Å². The molecule has 1 unspecified atom stereocenters. The van der Waals surface area contributed by atoms with Crippen molar-refractivity contribution in [2.24, 2.45) is 5.92 Å². The molecular weight excluding hydrogens is 326 g/mol. The summed E-state index contributed by atoms with van der Waals surface area (Å²) in [6, 6.07) is 12.8. The van der Waals surface area contributed by atoms with Gasteiger partial charge in [-0.25, -0.2) is 0 Å². The first kappa shape index (κ1) is 18.6. The second kappa shape index (κ2) is 8.45.